The van der Waals surface area contributed by atoms with Crippen molar-refractivity contribution >= 4 is 40.9 Å². The van der Waals surface area contributed by atoms with E-state index in [4.69, 9.17) is 4.74 Å². The highest BCUT2D eigenvalue weighted by Crippen LogP contribution is 2.30. The third kappa shape index (κ3) is 4.04. The lowest BCUT2D eigenvalue weighted by Crippen LogP contribution is -2.29. The lowest BCUT2D eigenvalue weighted by atomic mass is 10.1. The molecule has 1 aliphatic rings. The molecule has 3 amide bonds. The molecule has 1 aliphatic heterocycles. The summed E-state index contributed by atoms with van der Waals surface area (Å²) in [4.78, 5) is 40.7. The number of thioether (sulfide) groups is 1. The summed E-state index contributed by atoms with van der Waals surface area (Å²) < 4.78 is 5.41. The highest BCUT2D eigenvalue weighted by atomic mass is 32.2. The molecule has 0 bridgehead atoms. The second-order valence-electron chi connectivity index (χ2n) is 6.82. The number of benzene rings is 3. The summed E-state index contributed by atoms with van der Waals surface area (Å²) in [5, 5.41) is 2.82. The molecule has 1 heterocycles. The Morgan fingerprint density at radius 1 is 0.935 bits per heavy atom. The van der Waals surface area contributed by atoms with Crippen LogP contribution in [0.2, 0.25) is 0 Å². The zero-order valence-electron chi connectivity index (χ0n) is 17.0. The van der Waals surface area contributed by atoms with Crippen LogP contribution in [0.15, 0.2) is 71.6 Å². The predicted octanol–water partition coefficient (Wildman–Crippen LogP) is 4.86. The number of anilines is 2. The first-order valence-electron chi connectivity index (χ1n) is 9.73. The molecule has 0 aromatic heterocycles. The Morgan fingerprint density at radius 3 is 2.26 bits per heavy atom. The van der Waals surface area contributed by atoms with E-state index in [9.17, 15) is 14.4 Å². The van der Waals surface area contributed by atoms with Crippen LogP contribution in [0, 0.1) is 0 Å². The molecule has 0 aliphatic carbocycles. The van der Waals surface area contributed by atoms with Gasteiger partial charge in [-0.3, -0.25) is 14.4 Å². The van der Waals surface area contributed by atoms with E-state index in [1.165, 1.54) is 12.1 Å². The quantitative estimate of drug-likeness (QED) is 0.445. The Labute approximate surface area is 184 Å². The van der Waals surface area contributed by atoms with Crippen molar-refractivity contribution in [2.24, 2.45) is 0 Å². The molecule has 4 rings (SSSR count). The monoisotopic (exact) mass is 432 g/mol. The fourth-order valence-corrected chi connectivity index (χ4v) is 3.76. The molecular formula is C24H20N2O4S. The molecule has 156 valence electrons. The van der Waals surface area contributed by atoms with Gasteiger partial charge in [-0.2, -0.15) is 0 Å². The fraction of sp³-hybridized carbons (Fsp3) is 0.125. The molecule has 3 aromatic rings. The number of imide groups is 1. The number of carbonyl (C=O) groups excluding carboxylic acids is 3. The lowest BCUT2D eigenvalue weighted by Gasteiger charge is -2.14. The van der Waals surface area contributed by atoms with Crippen LogP contribution in [0.4, 0.5) is 11.4 Å². The number of nitrogens with one attached hydrogen (secondary N) is 1. The summed E-state index contributed by atoms with van der Waals surface area (Å²) >= 11 is 1.61. The van der Waals surface area contributed by atoms with E-state index >= 15 is 0 Å². The maximum atomic E-state index is 13.0. The largest absolute Gasteiger partial charge is 0.494 e. The van der Waals surface area contributed by atoms with Crippen molar-refractivity contribution in [2.75, 3.05) is 23.1 Å². The van der Waals surface area contributed by atoms with Gasteiger partial charge < -0.3 is 10.1 Å². The van der Waals surface area contributed by atoms with Gasteiger partial charge in [0.2, 0.25) is 0 Å². The van der Waals surface area contributed by atoms with Crippen LogP contribution < -0.4 is 15.0 Å². The Kier molecular flexibility index (Phi) is 5.77. The molecule has 0 spiro atoms. The zero-order chi connectivity index (χ0) is 22.0. The van der Waals surface area contributed by atoms with Gasteiger partial charge in [0, 0.05) is 16.1 Å². The van der Waals surface area contributed by atoms with Crippen molar-refractivity contribution in [3.05, 3.63) is 83.4 Å². The van der Waals surface area contributed by atoms with E-state index in [0.29, 0.717) is 29.3 Å². The maximum Gasteiger partial charge on any atom is 0.266 e. The molecular weight excluding hydrogens is 412 g/mol. The summed E-state index contributed by atoms with van der Waals surface area (Å²) in [6, 6.07) is 18.8. The van der Waals surface area contributed by atoms with Crippen LogP contribution in [0.3, 0.4) is 0 Å². The Morgan fingerprint density at radius 2 is 1.61 bits per heavy atom. The molecule has 0 saturated carbocycles. The van der Waals surface area contributed by atoms with E-state index in [1.54, 1.807) is 42.1 Å². The minimum Gasteiger partial charge on any atom is -0.494 e. The van der Waals surface area contributed by atoms with Crippen molar-refractivity contribution in [1.29, 1.82) is 0 Å². The van der Waals surface area contributed by atoms with Crippen molar-refractivity contribution in [3.8, 4) is 5.75 Å². The number of fused-ring (bicyclic) bond motifs is 1. The second-order valence-corrected chi connectivity index (χ2v) is 7.70. The number of carbonyl (C=O) groups is 3. The van der Waals surface area contributed by atoms with Crippen LogP contribution in [0.5, 0.6) is 5.75 Å². The van der Waals surface area contributed by atoms with Crippen molar-refractivity contribution in [3.63, 3.8) is 0 Å². The van der Waals surface area contributed by atoms with Gasteiger partial charge in [0.25, 0.3) is 17.7 Å². The van der Waals surface area contributed by atoms with E-state index in [1.807, 2.05) is 37.4 Å². The normalized spacial score (nSPS) is 12.6. The molecule has 0 fully saturated rings. The second kappa shape index (κ2) is 8.65. The van der Waals surface area contributed by atoms with Gasteiger partial charge in [0.1, 0.15) is 5.75 Å². The van der Waals surface area contributed by atoms with Gasteiger partial charge >= 0.3 is 0 Å². The van der Waals surface area contributed by atoms with Crippen LogP contribution >= 0.6 is 11.8 Å². The lowest BCUT2D eigenvalue weighted by molar-refractivity contribution is 0.0925. The van der Waals surface area contributed by atoms with Crippen LogP contribution in [-0.4, -0.2) is 30.6 Å². The van der Waals surface area contributed by atoms with Gasteiger partial charge in [-0.05, 0) is 79.9 Å². The topological polar surface area (TPSA) is 75.7 Å². The highest BCUT2D eigenvalue weighted by Gasteiger charge is 2.37. The molecule has 0 unspecified atom stereocenters. The first-order valence-corrected chi connectivity index (χ1v) is 11.0. The number of ether oxygens (including phenoxy) is 1. The standard InChI is InChI=1S/C24H20N2O4S/c1-3-30-18-9-7-17(8-10-18)26-23(28)20-13-4-15(14-21(20)24(26)29)22(27)25-16-5-11-19(31-2)12-6-16/h4-14H,3H2,1-2H3,(H,25,27). The number of rotatable bonds is 6. The summed E-state index contributed by atoms with van der Waals surface area (Å²) in [7, 11) is 0. The van der Waals surface area contributed by atoms with Gasteiger partial charge in [0.05, 0.1) is 23.4 Å². The number of nitrogens with zero attached hydrogens (tertiary/aromatic N) is 1. The molecule has 31 heavy (non-hydrogen) atoms. The molecule has 0 saturated heterocycles. The Balaban J connectivity index is 1.56. The third-order valence-corrected chi connectivity index (χ3v) is 5.65. The van der Waals surface area contributed by atoms with Gasteiger partial charge in [0.15, 0.2) is 0 Å². The van der Waals surface area contributed by atoms with Crippen molar-refractivity contribution < 1.29 is 19.1 Å². The summed E-state index contributed by atoms with van der Waals surface area (Å²) in [5.74, 6) is -0.557. The average Bonchev–Trinajstić information content (AvgIpc) is 3.04. The van der Waals surface area contributed by atoms with Gasteiger partial charge in [-0.25, -0.2) is 4.90 Å². The van der Waals surface area contributed by atoms with Crippen molar-refractivity contribution in [2.45, 2.75) is 11.8 Å². The van der Waals surface area contributed by atoms with E-state index < -0.39 is 11.8 Å². The first kappa shape index (κ1) is 20.7. The van der Waals surface area contributed by atoms with Gasteiger partial charge in [-0.15, -0.1) is 11.8 Å². The van der Waals surface area contributed by atoms with Crippen LogP contribution in [0.25, 0.3) is 0 Å². The Bertz CT molecular complexity index is 1160. The molecule has 6 nitrogen and oxygen atoms in total. The number of amides is 3. The van der Waals surface area contributed by atoms with Crippen LogP contribution in [-0.2, 0) is 0 Å². The smallest absolute Gasteiger partial charge is 0.266 e. The zero-order valence-corrected chi connectivity index (χ0v) is 17.9. The third-order valence-electron chi connectivity index (χ3n) is 4.90. The van der Waals surface area contributed by atoms with Crippen molar-refractivity contribution in [1.82, 2.24) is 0 Å². The molecule has 1 N–H and O–H groups in total. The summed E-state index contributed by atoms with van der Waals surface area (Å²) in [5.41, 5.74) is 1.91. The van der Waals surface area contributed by atoms with Gasteiger partial charge in [-0.1, -0.05) is 0 Å². The molecule has 0 radical (unpaired) electrons. The first-order chi connectivity index (χ1) is 15.0. The van der Waals surface area contributed by atoms with E-state index in [0.717, 1.165) is 9.80 Å². The summed E-state index contributed by atoms with van der Waals surface area (Å²) in [6.45, 7) is 2.41. The fourth-order valence-electron chi connectivity index (χ4n) is 3.35. The average molecular weight is 433 g/mol. The van der Waals surface area contributed by atoms with E-state index in [-0.39, 0.29) is 17.0 Å². The molecule has 3 aromatic carbocycles. The SMILES string of the molecule is CCOc1ccc(N2C(=O)c3ccc(C(=O)Nc4ccc(SC)cc4)cc3C2=O)cc1. The number of hydrogen-bond acceptors (Lipinski definition) is 5. The maximum absolute atomic E-state index is 13.0. The molecule has 7 heteroatoms. The van der Waals surface area contributed by atoms with Crippen LogP contribution in [0.1, 0.15) is 38.0 Å². The Hall–Kier alpha value is -3.58. The summed E-state index contributed by atoms with van der Waals surface area (Å²) in [6.07, 6.45) is 1.98. The molecule has 0 atom stereocenters. The highest BCUT2D eigenvalue weighted by molar-refractivity contribution is 7.98. The predicted molar refractivity (Wildman–Crippen MR) is 121 cm³/mol. The number of hydrogen-bond donors (Lipinski definition) is 1. The minimum atomic E-state index is -0.455. The minimum absolute atomic E-state index is 0.212. The van der Waals surface area contributed by atoms with E-state index in [2.05, 4.69) is 5.32 Å².